The Morgan fingerprint density at radius 2 is 1.50 bits per heavy atom. The van der Waals surface area contributed by atoms with Crippen LogP contribution in [0.3, 0.4) is 0 Å². The van der Waals surface area contributed by atoms with Gasteiger partial charge in [0.2, 0.25) is 0 Å². The van der Waals surface area contributed by atoms with E-state index in [1.807, 2.05) is 0 Å². The van der Waals surface area contributed by atoms with Gasteiger partial charge in [-0.25, -0.2) is 0 Å². The molecule has 0 N–H and O–H groups in total. The summed E-state index contributed by atoms with van der Waals surface area (Å²) in [5, 5.41) is 0. The molecule has 0 fully saturated rings. The Kier molecular flexibility index (Phi) is 2.56. The van der Waals surface area contributed by atoms with Crippen molar-refractivity contribution in [1.29, 1.82) is 0 Å². The molecular formula is C12H17. The zero-order valence-electron chi connectivity index (χ0n) is 8.39. The van der Waals surface area contributed by atoms with Crippen LogP contribution in [0.15, 0.2) is 30.3 Å². The van der Waals surface area contributed by atoms with Gasteiger partial charge in [0.25, 0.3) is 0 Å². The Hall–Kier alpha value is -0.780. The zero-order chi connectivity index (χ0) is 9.19. The lowest BCUT2D eigenvalue weighted by molar-refractivity contribution is 0.547. The fourth-order valence-corrected chi connectivity index (χ4v) is 1.14. The lowest BCUT2D eigenvalue weighted by atomic mass is 9.75. The third-order valence-corrected chi connectivity index (χ3v) is 2.75. The van der Waals surface area contributed by atoms with Crippen molar-refractivity contribution in [2.45, 2.75) is 33.1 Å². The van der Waals surface area contributed by atoms with Crippen LogP contribution in [0.5, 0.6) is 0 Å². The van der Waals surface area contributed by atoms with Crippen molar-refractivity contribution in [3.8, 4) is 0 Å². The standard InChI is InChI=1S/C12H17/c1-10(2)12(3,4)11-8-6-5-7-9-11/h5-9H,1-4H3. The van der Waals surface area contributed by atoms with Gasteiger partial charge in [0, 0.05) is 0 Å². The maximum atomic E-state index is 2.26. The first-order valence-corrected chi connectivity index (χ1v) is 4.41. The largest absolute Gasteiger partial charge is 0.0622 e. The Bertz CT molecular complexity index is 231. The van der Waals surface area contributed by atoms with Gasteiger partial charge >= 0.3 is 0 Å². The lowest BCUT2D eigenvalue weighted by Crippen LogP contribution is -2.22. The first-order valence-electron chi connectivity index (χ1n) is 4.41. The molecular weight excluding hydrogens is 144 g/mol. The van der Waals surface area contributed by atoms with E-state index in [-0.39, 0.29) is 5.41 Å². The van der Waals surface area contributed by atoms with Crippen LogP contribution in [0.1, 0.15) is 33.3 Å². The summed E-state index contributed by atoms with van der Waals surface area (Å²) < 4.78 is 0. The van der Waals surface area contributed by atoms with Crippen LogP contribution in [0.2, 0.25) is 0 Å². The SMILES string of the molecule is C[C](C)C(C)(C)c1ccccc1. The number of rotatable bonds is 2. The van der Waals surface area contributed by atoms with Crippen molar-refractivity contribution in [3.63, 3.8) is 0 Å². The molecule has 0 heterocycles. The van der Waals surface area contributed by atoms with E-state index in [1.54, 1.807) is 0 Å². The van der Waals surface area contributed by atoms with Crippen molar-refractivity contribution >= 4 is 0 Å². The molecule has 12 heavy (non-hydrogen) atoms. The van der Waals surface area contributed by atoms with Gasteiger partial charge in [0.1, 0.15) is 0 Å². The topological polar surface area (TPSA) is 0 Å². The predicted molar refractivity (Wildman–Crippen MR) is 54.1 cm³/mol. The minimum absolute atomic E-state index is 0.210. The van der Waals surface area contributed by atoms with Gasteiger partial charge in [-0.1, -0.05) is 58.0 Å². The van der Waals surface area contributed by atoms with Crippen LogP contribution in [-0.2, 0) is 5.41 Å². The molecule has 0 aliphatic heterocycles. The molecule has 1 aromatic rings. The van der Waals surface area contributed by atoms with E-state index >= 15 is 0 Å². The van der Waals surface area contributed by atoms with Gasteiger partial charge in [-0.3, -0.25) is 0 Å². The van der Waals surface area contributed by atoms with E-state index in [0.29, 0.717) is 0 Å². The van der Waals surface area contributed by atoms with Crippen LogP contribution in [0.25, 0.3) is 0 Å². The lowest BCUT2D eigenvalue weighted by Gasteiger charge is -2.29. The molecule has 1 radical (unpaired) electrons. The highest BCUT2D eigenvalue weighted by Gasteiger charge is 2.24. The molecule has 0 unspecified atom stereocenters. The molecule has 0 heteroatoms. The molecule has 1 rings (SSSR count). The highest BCUT2D eigenvalue weighted by atomic mass is 14.3. The summed E-state index contributed by atoms with van der Waals surface area (Å²) in [6.45, 7) is 8.90. The van der Waals surface area contributed by atoms with Crippen LogP contribution >= 0.6 is 0 Å². The van der Waals surface area contributed by atoms with E-state index < -0.39 is 0 Å². The van der Waals surface area contributed by atoms with Gasteiger partial charge in [-0.15, -0.1) is 0 Å². The molecule has 0 aromatic heterocycles. The van der Waals surface area contributed by atoms with Gasteiger partial charge < -0.3 is 0 Å². The van der Waals surface area contributed by atoms with Crippen LogP contribution in [-0.4, -0.2) is 0 Å². The van der Waals surface area contributed by atoms with Gasteiger partial charge in [0.15, 0.2) is 0 Å². The van der Waals surface area contributed by atoms with Crippen molar-refractivity contribution in [3.05, 3.63) is 41.8 Å². The average Bonchev–Trinajstić information content (AvgIpc) is 2.06. The molecule has 0 nitrogen and oxygen atoms in total. The Morgan fingerprint density at radius 3 is 1.92 bits per heavy atom. The first kappa shape index (κ1) is 9.31. The molecule has 0 bridgehead atoms. The average molecular weight is 161 g/mol. The van der Waals surface area contributed by atoms with E-state index in [2.05, 4.69) is 58.0 Å². The third-order valence-electron chi connectivity index (χ3n) is 2.75. The molecule has 0 saturated heterocycles. The monoisotopic (exact) mass is 161 g/mol. The number of hydrogen-bond acceptors (Lipinski definition) is 0. The normalized spacial score (nSPS) is 12.1. The van der Waals surface area contributed by atoms with Crippen molar-refractivity contribution in [1.82, 2.24) is 0 Å². The molecule has 0 saturated carbocycles. The number of hydrogen-bond donors (Lipinski definition) is 0. The predicted octanol–water partition coefficient (Wildman–Crippen LogP) is 3.58. The zero-order valence-corrected chi connectivity index (χ0v) is 8.39. The van der Waals surface area contributed by atoms with Crippen LogP contribution in [0, 0.1) is 5.92 Å². The highest BCUT2D eigenvalue weighted by molar-refractivity contribution is 5.29. The molecule has 0 atom stereocenters. The summed E-state index contributed by atoms with van der Waals surface area (Å²) in [4.78, 5) is 0. The summed E-state index contributed by atoms with van der Waals surface area (Å²) in [6.07, 6.45) is 0. The van der Waals surface area contributed by atoms with E-state index in [1.165, 1.54) is 11.5 Å². The molecule has 0 spiro atoms. The van der Waals surface area contributed by atoms with E-state index in [4.69, 9.17) is 0 Å². The van der Waals surface area contributed by atoms with Crippen molar-refractivity contribution < 1.29 is 0 Å². The third kappa shape index (κ3) is 1.69. The first-order chi connectivity index (χ1) is 5.55. The molecule has 65 valence electrons. The number of benzene rings is 1. The van der Waals surface area contributed by atoms with Gasteiger partial charge in [0.05, 0.1) is 0 Å². The Labute approximate surface area is 75.6 Å². The summed E-state index contributed by atoms with van der Waals surface area (Å²) in [6, 6.07) is 10.6. The van der Waals surface area contributed by atoms with E-state index in [9.17, 15) is 0 Å². The van der Waals surface area contributed by atoms with Gasteiger partial charge in [-0.2, -0.15) is 0 Å². The minimum atomic E-state index is 0.210. The quantitative estimate of drug-likeness (QED) is 0.622. The maximum absolute atomic E-state index is 2.26. The summed E-state index contributed by atoms with van der Waals surface area (Å²) in [7, 11) is 0. The van der Waals surface area contributed by atoms with E-state index in [0.717, 1.165) is 0 Å². The fourth-order valence-electron chi connectivity index (χ4n) is 1.14. The van der Waals surface area contributed by atoms with Gasteiger partial charge in [-0.05, 0) is 16.9 Å². The molecule has 0 aliphatic rings. The van der Waals surface area contributed by atoms with Crippen LogP contribution < -0.4 is 0 Å². The second kappa shape index (κ2) is 3.30. The highest BCUT2D eigenvalue weighted by Crippen LogP contribution is 2.32. The molecule has 1 aromatic carbocycles. The summed E-state index contributed by atoms with van der Waals surface area (Å²) >= 11 is 0. The van der Waals surface area contributed by atoms with Crippen molar-refractivity contribution in [2.24, 2.45) is 0 Å². The minimum Gasteiger partial charge on any atom is -0.0622 e. The summed E-state index contributed by atoms with van der Waals surface area (Å²) in [5.41, 5.74) is 1.60. The summed E-state index contributed by atoms with van der Waals surface area (Å²) in [5.74, 6) is 1.45. The van der Waals surface area contributed by atoms with Crippen molar-refractivity contribution in [2.75, 3.05) is 0 Å². The Balaban J connectivity index is 2.98. The second-order valence-corrected chi connectivity index (χ2v) is 3.99. The van der Waals surface area contributed by atoms with Crippen LogP contribution in [0.4, 0.5) is 0 Å². The second-order valence-electron chi connectivity index (χ2n) is 3.99. The Morgan fingerprint density at radius 1 is 1.00 bits per heavy atom. The smallest absolute Gasteiger partial charge is 0.00470 e. The maximum Gasteiger partial charge on any atom is -0.00470 e. The molecule has 0 aliphatic carbocycles. The molecule has 0 amide bonds. The fraction of sp³-hybridized carbons (Fsp3) is 0.417.